The van der Waals surface area contributed by atoms with Gasteiger partial charge in [0.1, 0.15) is 6.61 Å². The van der Waals surface area contributed by atoms with Crippen LogP contribution in [-0.2, 0) is 19.6 Å². The van der Waals surface area contributed by atoms with Crippen molar-refractivity contribution >= 4 is 39.9 Å². The first-order valence-electron chi connectivity index (χ1n) is 9.14. The molecular weight excluding hydrogens is 473 g/mol. The Bertz CT molecular complexity index is 889. The van der Waals surface area contributed by atoms with Gasteiger partial charge in [0.15, 0.2) is 11.5 Å². The van der Waals surface area contributed by atoms with Gasteiger partial charge in [-0.25, -0.2) is 0 Å². The van der Waals surface area contributed by atoms with Gasteiger partial charge in [-0.3, -0.25) is 0 Å². The first-order chi connectivity index (χ1) is 13.7. The number of methoxy groups -OCH3 is 1. The van der Waals surface area contributed by atoms with Crippen LogP contribution in [-0.4, -0.2) is 13.7 Å². The van der Waals surface area contributed by atoms with E-state index in [-0.39, 0.29) is 12.4 Å². The Morgan fingerprint density at radius 2 is 1.66 bits per heavy atom. The van der Waals surface area contributed by atoms with Crippen LogP contribution in [0.15, 0.2) is 71.2 Å². The highest BCUT2D eigenvalue weighted by atomic mass is 79.9. The molecule has 3 rings (SSSR count). The lowest BCUT2D eigenvalue weighted by molar-refractivity contribution is 0.282. The fourth-order valence-corrected chi connectivity index (χ4v) is 3.59. The second-order valence-electron chi connectivity index (χ2n) is 6.44. The maximum absolute atomic E-state index is 5.99. The minimum Gasteiger partial charge on any atom is -0.493 e. The van der Waals surface area contributed by atoms with Gasteiger partial charge in [0.05, 0.1) is 11.6 Å². The molecule has 6 heteroatoms. The molecule has 0 bridgehead atoms. The molecule has 0 saturated carbocycles. The quantitative estimate of drug-likeness (QED) is 0.345. The van der Waals surface area contributed by atoms with Crippen molar-refractivity contribution in [1.82, 2.24) is 5.32 Å². The minimum absolute atomic E-state index is 0. The monoisotopic (exact) mass is 495 g/mol. The maximum atomic E-state index is 5.99. The number of hydrogen-bond donors (Lipinski definition) is 1. The first-order valence-corrected chi connectivity index (χ1v) is 10.3. The zero-order valence-electron chi connectivity index (χ0n) is 16.2. The van der Waals surface area contributed by atoms with Gasteiger partial charge in [-0.2, -0.15) is 0 Å². The van der Waals surface area contributed by atoms with Crippen molar-refractivity contribution in [2.75, 3.05) is 13.7 Å². The van der Waals surface area contributed by atoms with Crippen LogP contribution in [0.3, 0.4) is 0 Å². The lowest BCUT2D eigenvalue weighted by Gasteiger charge is -2.15. The molecular formula is C23H24BrCl2NO2. The third-order valence-corrected chi connectivity index (χ3v) is 5.19. The second-order valence-corrected chi connectivity index (χ2v) is 7.73. The molecule has 0 aliphatic rings. The Balaban J connectivity index is 0.00000300. The van der Waals surface area contributed by atoms with Gasteiger partial charge in [0, 0.05) is 11.6 Å². The van der Waals surface area contributed by atoms with Crippen molar-refractivity contribution in [2.24, 2.45) is 0 Å². The number of nitrogens with one attached hydrogen (secondary N) is 1. The van der Waals surface area contributed by atoms with E-state index in [0.29, 0.717) is 6.61 Å². The van der Waals surface area contributed by atoms with Crippen LogP contribution in [0.4, 0.5) is 0 Å². The maximum Gasteiger partial charge on any atom is 0.175 e. The van der Waals surface area contributed by atoms with Gasteiger partial charge in [-0.05, 0) is 69.9 Å². The van der Waals surface area contributed by atoms with Crippen molar-refractivity contribution < 1.29 is 9.47 Å². The van der Waals surface area contributed by atoms with Crippen molar-refractivity contribution in [3.63, 3.8) is 0 Å². The third kappa shape index (κ3) is 7.23. The number of hydrogen-bond acceptors (Lipinski definition) is 3. The average Bonchev–Trinajstić information content (AvgIpc) is 2.72. The van der Waals surface area contributed by atoms with Gasteiger partial charge in [-0.1, -0.05) is 54.1 Å². The summed E-state index contributed by atoms with van der Waals surface area (Å²) in [6.07, 6.45) is 0.952. The summed E-state index contributed by atoms with van der Waals surface area (Å²) in [5, 5.41) is 4.24. The number of benzene rings is 3. The third-order valence-electron chi connectivity index (χ3n) is 4.35. The van der Waals surface area contributed by atoms with Crippen LogP contribution in [0.25, 0.3) is 0 Å². The van der Waals surface area contributed by atoms with Crippen LogP contribution in [0.1, 0.15) is 16.7 Å². The number of rotatable bonds is 9. The summed E-state index contributed by atoms with van der Waals surface area (Å²) < 4.78 is 12.4. The standard InChI is InChI=1S/C23H23BrClNO2.ClH/c1-27-22-14-19(15-26-12-11-17-7-9-20(25)10-8-17)13-21(24)23(22)28-16-18-5-3-2-4-6-18;/h2-10,13-14,26H,11-12,15-16H2,1H3;1H. The summed E-state index contributed by atoms with van der Waals surface area (Å²) in [5.74, 6) is 1.44. The summed E-state index contributed by atoms with van der Waals surface area (Å²) in [4.78, 5) is 0. The molecule has 0 fully saturated rings. The van der Waals surface area contributed by atoms with Gasteiger partial charge < -0.3 is 14.8 Å². The molecule has 0 spiro atoms. The Morgan fingerprint density at radius 1 is 0.931 bits per heavy atom. The molecule has 0 aliphatic carbocycles. The highest BCUT2D eigenvalue weighted by molar-refractivity contribution is 9.10. The van der Waals surface area contributed by atoms with Crippen molar-refractivity contribution in [3.05, 3.63) is 92.9 Å². The topological polar surface area (TPSA) is 30.5 Å². The average molecular weight is 497 g/mol. The van der Waals surface area contributed by atoms with Crippen LogP contribution in [0.5, 0.6) is 11.5 Å². The van der Waals surface area contributed by atoms with E-state index in [1.165, 1.54) is 5.56 Å². The predicted octanol–water partition coefficient (Wildman–Crippen LogP) is 6.44. The van der Waals surface area contributed by atoms with E-state index in [0.717, 1.165) is 51.6 Å². The Hall–Kier alpha value is -1.72. The van der Waals surface area contributed by atoms with E-state index >= 15 is 0 Å². The molecule has 154 valence electrons. The van der Waals surface area contributed by atoms with E-state index in [9.17, 15) is 0 Å². The van der Waals surface area contributed by atoms with Gasteiger partial charge in [-0.15, -0.1) is 12.4 Å². The fraction of sp³-hybridized carbons (Fsp3) is 0.217. The van der Waals surface area contributed by atoms with Gasteiger partial charge in [0.2, 0.25) is 0 Å². The molecule has 3 aromatic carbocycles. The molecule has 0 atom stereocenters. The highest BCUT2D eigenvalue weighted by Crippen LogP contribution is 2.37. The smallest absolute Gasteiger partial charge is 0.175 e. The number of halogens is 3. The molecule has 0 saturated heterocycles. The van der Waals surface area contributed by atoms with Crippen LogP contribution in [0, 0.1) is 0 Å². The van der Waals surface area contributed by atoms with E-state index < -0.39 is 0 Å². The summed E-state index contributed by atoms with van der Waals surface area (Å²) in [5.41, 5.74) is 3.51. The van der Waals surface area contributed by atoms with Crippen LogP contribution in [0.2, 0.25) is 5.02 Å². The predicted molar refractivity (Wildman–Crippen MR) is 126 cm³/mol. The molecule has 1 N–H and O–H groups in total. The molecule has 29 heavy (non-hydrogen) atoms. The van der Waals surface area contributed by atoms with Crippen molar-refractivity contribution in [1.29, 1.82) is 0 Å². The van der Waals surface area contributed by atoms with Crippen molar-refractivity contribution in [2.45, 2.75) is 19.6 Å². The zero-order chi connectivity index (χ0) is 19.8. The summed E-state index contributed by atoms with van der Waals surface area (Å²) >= 11 is 9.54. The SMILES string of the molecule is COc1cc(CNCCc2ccc(Cl)cc2)cc(Br)c1OCc1ccccc1.Cl. The first kappa shape index (κ1) is 23.6. The Kier molecular flexibility index (Phi) is 9.82. The molecule has 0 amide bonds. The Morgan fingerprint density at radius 3 is 2.34 bits per heavy atom. The molecule has 3 aromatic rings. The molecule has 3 nitrogen and oxygen atoms in total. The van der Waals surface area contributed by atoms with E-state index in [1.54, 1.807) is 7.11 Å². The van der Waals surface area contributed by atoms with E-state index in [4.69, 9.17) is 21.1 Å². The minimum atomic E-state index is 0. The molecule has 0 radical (unpaired) electrons. The van der Waals surface area contributed by atoms with Crippen LogP contribution >= 0.6 is 39.9 Å². The molecule has 0 aliphatic heterocycles. The fourth-order valence-electron chi connectivity index (χ4n) is 2.86. The molecule has 0 heterocycles. The van der Waals surface area contributed by atoms with E-state index in [1.807, 2.05) is 48.5 Å². The summed E-state index contributed by atoms with van der Waals surface area (Å²) in [7, 11) is 1.66. The summed E-state index contributed by atoms with van der Waals surface area (Å²) in [6, 6.07) is 22.1. The summed E-state index contributed by atoms with van der Waals surface area (Å²) in [6.45, 7) is 2.13. The second kappa shape index (κ2) is 12.1. The van der Waals surface area contributed by atoms with Crippen LogP contribution < -0.4 is 14.8 Å². The van der Waals surface area contributed by atoms with Gasteiger partial charge >= 0.3 is 0 Å². The normalized spacial score (nSPS) is 10.3. The Labute approximate surface area is 191 Å². The largest absolute Gasteiger partial charge is 0.493 e. The lowest BCUT2D eigenvalue weighted by atomic mass is 10.1. The zero-order valence-corrected chi connectivity index (χ0v) is 19.3. The molecule has 0 aromatic heterocycles. The number of ether oxygens (including phenoxy) is 2. The molecule has 0 unspecified atom stereocenters. The highest BCUT2D eigenvalue weighted by Gasteiger charge is 2.12. The van der Waals surface area contributed by atoms with Crippen molar-refractivity contribution in [3.8, 4) is 11.5 Å². The van der Waals surface area contributed by atoms with E-state index in [2.05, 4.69) is 39.4 Å². The van der Waals surface area contributed by atoms with Gasteiger partial charge in [0.25, 0.3) is 0 Å². The lowest BCUT2D eigenvalue weighted by Crippen LogP contribution is -2.16.